The zero-order chi connectivity index (χ0) is 8.10. The monoisotopic (exact) mass is 157 g/mol. The molecule has 1 heterocycles. The Kier molecular flexibility index (Phi) is 2.92. The largest absolute Gasteiger partial charge is 0.376 e. The van der Waals surface area contributed by atoms with Crippen LogP contribution in [0.4, 0.5) is 0 Å². The molecule has 0 N–H and O–H groups in total. The van der Waals surface area contributed by atoms with Crippen LogP contribution in [-0.2, 0) is 19.1 Å². The molecule has 60 valence electrons. The van der Waals surface area contributed by atoms with Gasteiger partial charge in [0, 0.05) is 0 Å². The number of ether oxygens (including phenoxy) is 2. The number of carbonyl (C=O) groups is 1. The molecule has 5 nitrogen and oxygen atoms in total. The summed E-state index contributed by atoms with van der Waals surface area (Å²) >= 11 is 0. The van der Waals surface area contributed by atoms with E-state index in [0.29, 0.717) is 13.2 Å². The van der Waals surface area contributed by atoms with Gasteiger partial charge >= 0.3 is 0 Å². The fourth-order valence-electron chi connectivity index (χ4n) is 0.747. The third kappa shape index (κ3) is 2.23. The van der Waals surface area contributed by atoms with Crippen molar-refractivity contribution in [2.75, 3.05) is 19.8 Å². The maximum Gasteiger partial charge on any atom is 0.287 e. The van der Waals surface area contributed by atoms with Gasteiger partial charge in [0.25, 0.3) is 5.91 Å². The Morgan fingerprint density at radius 1 is 1.55 bits per heavy atom. The predicted molar refractivity (Wildman–Crippen MR) is 33.7 cm³/mol. The van der Waals surface area contributed by atoms with E-state index in [1.807, 2.05) is 0 Å². The molecule has 0 radical (unpaired) electrons. The lowest BCUT2D eigenvalue weighted by atomic mass is 10.3. The fourth-order valence-corrected chi connectivity index (χ4v) is 0.747. The molecule has 1 unspecified atom stereocenters. The minimum absolute atomic E-state index is 0.171. The van der Waals surface area contributed by atoms with E-state index in [9.17, 15) is 9.59 Å². The molecule has 0 aromatic rings. The van der Waals surface area contributed by atoms with Gasteiger partial charge in [-0.25, -0.2) is 4.79 Å². The van der Waals surface area contributed by atoms with E-state index in [0.717, 1.165) is 6.08 Å². The first-order chi connectivity index (χ1) is 5.34. The van der Waals surface area contributed by atoms with Crippen LogP contribution in [0, 0.1) is 0 Å². The van der Waals surface area contributed by atoms with Gasteiger partial charge in [-0.15, -0.1) is 4.99 Å². The van der Waals surface area contributed by atoms with Crippen LogP contribution in [0.25, 0.3) is 0 Å². The van der Waals surface area contributed by atoms with Gasteiger partial charge in [0.15, 0.2) is 6.10 Å². The number of amides is 1. The highest BCUT2D eigenvalue weighted by Gasteiger charge is 2.21. The summed E-state index contributed by atoms with van der Waals surface area (Å²) in [5, 5.41) is 0. The molecule has 1 aliphatic rings. The van der Waals surface area contributed by atoms with Gasteiger partial charge in [-0.05, 0) is 0 Å². The van der Waals surface area contributed by atoms with Crippen LogP contribution in [0.5, 0.6) is 0 Å². The molecule has 1 rings (SSSR count). The standard InChI is InChI=1S/C6H7NO4/c8-4-7-6(9)5-3-10-1-2-11-5/h5H,1-3H2. The van der Waals surface area contributed by atoms with E-state index < -0.39 is 12.0 Å². The van der Waals surface area contributed by atoms with Crippen LogP contribution in [0.2, 0.25) is 0 Å². The lowest BCUT2D eigenvalue weighted by Crippen LogP contribution is -2.34. The molecule has 0 aromatic heterocycles. The summed E-state index contributed by atoms with van der Waals surface area (Å²) in [5.74, 6) is -0.625. The topological polar surface area (TPSA) is 65.0 Å². The van der Waals surface area contributed by atoms with Gasteiger partial charge in [0.2, 0.25) is 6.08 Å². The van der Waals surface area contributed by atoms with Crippen LogP contribution in [0.1, 0.15) is 0 Å². The average molecular weight is 157 g/mol. The van der Waals surface area contributed by atoms with Gasteiger partial charge in [-0.3, -0.25) is 4.79 Å². The van der Waals surface area contributed by atoms with Crippen molar-refractivity contribution in [3.05, 3.63) is 0 Å². The molecule has 1 amide bonds. The van der Waals surface area contributed by atoms with Gasteiger partial charge in [-0.1, -0.05) is 0 Å². The number of aliphatic imine (C=N–C) groups is 1. The molecule has 0 aromatic carbocycles. The minimum atomic E-state index is -0.717. The molecule has 0 spiro atoms. The Hall–Kier alpha value is -1.03. The Morgan fingerprint density at radius 2 is 2.36 bits per heavy atom. The molecule has 11 heavy (non-hydrogen) atoms. The molecule has 0 aliphatic carbocycles. The highest BCUT2D eigenvalue weighted by Crippen LogP contribution is 2.01. The van der Waals surface area contributed by atoms with Crippen LogP contribution in [-0.4, -0.2) is 37.9 Å². The van der Waals surface area contributed by atoms with Crippen molar-refractivity contribution >= 4 is 12.0 Å². The first-order valence-electron chi connectivity index (χ1n) is 3.15. The fraction of sp³-hybridized carbons (Fsp3) is 0.667. The van der Waals surface area contributed by atoms with Crippen molar-refractivity contribution in [1.82, 2.24) is 0 Å². The van der Waals surface area contributed by atoms with Gasteiger partial charge < -0.3 is 9.47 Å². The molecule has 1 aliphatic heterocycles. The first kappa shape index (κ1) is 8.07. The summed E-state index contributed by atoms with van der Waals surface area (Å²) < 4.78 is 9.86. The molecule has 1 saturated heterocycles. The van der Waals surface area contributed by atoms with Crippen LogP contribution in [0.15, 0.2) is 4.99 Å². The molecular weight excluding hydrogens is 150 g/mol. The molecule has 1 atom stereocenters. The van der Waals surface area contributed by atoms with Gasteiger partial charge in [0.1, 0.15) is 0 Å². The summed E-state index contributed by atoms with van der Waals surface area (Å²) in [5.41, 5.74) is 0. The molecule has 5 heteroatoms. The Balaban J connectivity index is 2.44. The first-order valence-corrected chi connectivity index (χ1v) is 3.15. The van der Waals surface area contributed by atoms with E-state index in [-0.39, 0.29) is 6.61 Å². The van der Waals surface area contributed by atoms with E-state index in [1.54, 1.807) is 0 Å². The number of carbonyl (C=O) groups excluding carboxylic acids is 2. The number of nitrogens with zero attached hydrogens (tertiary/aromatic N) is 1. The third-order valence-corrected chi connectivity index (χ3v) is 1.25. The minimum Gasteiger partial charge on any atom is -0.376 e. The maximum atomic E-state index is 10.8. The smallest absolute Gasteiger partial charge is 0.287 e. The van der Waals surface area contributed by atoms with Crippen molar-refractivity contribution < 1.29 is 19.1 Å². The SMILES string of the molecule is O=C=NC(=O)C1COCCO1. The summed E-state index contributed by atoms with van der Waals surface area (Å²) in [6.45, 7) is 1.02. The van der Waals surface area contributed by atoms with E-state index in [1.165, 1.54) is 0 Å². The van der Waals surface area contributed by atoms with Gasteiger partial charge in [-0.2, -0.15) is 0 Å². The quantitative estimate of drug-likeness (QED) is 0.371. The highest BCUT2D eigenvalue weighted by molar-refractivity contribution is 5.85. The van der Waals surface area contributed by atoms with Crippen LogP contribution in [0.3, 0.4) is 0 Å². The van der Waals surface area contributed by atoms with E-state index in [2.05, 4.69) is 4.99 Å². The lowest BCUT2D eigenvalue weighted by molar-refractivity contribution is -0.143. The van der Waals surface area contributed by atoms with Crippen molar-refractivity contribution in [3.8, 4) is 0 Å². The zero-order valence-electron chi connectivity index (χ0n) is 5.78. The van der Waals surface area contributed by atoms with Crippen molar-refractivity contribution in [3.63, 3.8) is 0 Å². The van der Waals surface area contributed by atoms with Crippen molar-refractivity contribution in [2.24, 2.45) is 4.99 Å². The van der Waals surface area contributed by atoms with Crippen molar-refractivity contribution in [1.29, 1.82) is 0 Å². The Labute approximate surface area is 63.0 Å². The van der Waals surface area contributed by atoms with Crippen LogP contribution >= 0.6 is 0 Å². The average Bonchev–Trinajstić information content (AvgIpc) is 2.07. The number of isocyanates is 1. The number of hydrogen-bond acceptors (Lipinski definition) is 4. The molecular formula is C6H7NO4. The van der Waals surface area contributed by atoms with Crippen molar-refractivity contribution in [2.45, 2.75) is 6.10 Å². The third-order valence-electron chi connectivity index (χ3n) is 1.25. The highest BCUT2D eigenvalue weighted by atomic mass is 16.6. The van der Waals surface area contributed by atoms with Crippen LogP contribution < -0.4 is 0 Å². The maximum absolute atomic E-state index is 10.8. The van der Waals surface area contributed by atoms with E-state index in [4.69, 9.17) is 9.47 Å². The molecule has 0 saturated carbocycles. The zero-order valence-corrected chi connectivity index (χ0v) is 5.78. The summed E-state index contributed by atoms with van der Waals surface area (Å²) in [4.78, 5) is 23.3. The molecule has 1 fully saturated rings. The Morgan fingerprint density at radius 3 is 2.91 bits per heavy atom. The second-order valence-corrected chi connectivity index (χ2v) is 1.98. The normalized spacial score (nSPS) is 23.8. The van der Waals surface area contributed by atoms with Gasteiger partial charge in [0.05, 0.1) is 19.8 Å². The second-order valence-electron chi connectivity index (χ2n) is 1.98. The number of rotatable bonds is 1. The summed E-state index contributed by atoms with van der Waals surface area (Å²) in [6, 6.07) is 0. The van der Waals surface area contributed by atoms with E-state index >= 15 is 0 Å². The predicted octanol–water partition coefficient (Wildman–Crippen LogP) is -0.736. The molecule has 0 bridgehead atoms. The number of hydrogen-bond donors (Lipinski definition) is 0. The lowest BCUT2D eigenvalue weighted by Gasteiger charge is -2.18. The second kappa shape index (κ2) is 3.98. The summed E-state index contributed by atoms with van der Waals surface area (Å²) in [7, 11) is 0. The Bertz CT molecular complexity index is 191. The summed E-state index contributed by atoms with van der Waals surface area (Å²) in [6.07, 6.45) is 0.437.